The van der Waals surface area contributed by atoms with E-state index in [4.69, 9.17) is 35.2 Å². The number of hydrogen-bond donors (Lipinski definition) is 3. The summed E-state index contributed by atoms with van der Waals surface area (Å²) in [5.74, 6) is 0.531. The Morgan fingerprint density at radius 1 is 0.909 bits per heavy atom. The predicted molar refractivity (Wildman–Crippen MR) is 125 cm³/mol. The molecule has 0 unspecified atom stereocenters. The van der Waals surface area contributed by atoms with E-state index in [9.17, 15) is 0 Å². The molecule has 0 bridgehead atoms. The molecule has 0 aromatic carbocycles. The summed E-state index contributed by atoms with van der Waals surface area (Å²) >= 11 is 1.65. The number of aromatic nitrogens is 4. The van der Waals surface area contributed by atoms with Crippen LogP contribution in [0.15, 0.2) is 17.8 Å². The highest BCUT2D eigenvalue weighted by Crippen LogP contribution is 2.23. The maximum Gasteiger partial charge on any atom is 0.247 e. The van der Waals surface area contributed by atoms with Crippen LogP contribution < -0.4 is 16.2 Å². The maximum absolute atomic E-state index is 5.82. The van der Waals surface area contributed by atoms with Crippen LogP contribution in [0.2, 0.25) is 0 Å². The first-order valence-electron chi connectivity index (χ1n) is 10.9. The van der Waals surface area contributed by atoms with Crippen molar-refractivity contribution in [1.29, 1.82) is 0 Å². The number of hydrogen-bond acceptors (Lipinski definition) is 11. The Kier molecular flexibility index (Phi) is 11.3. The van der Waals surface area contributed by atoms with Crippen molar-refractivity contribution in [2.45, 2.75) is 19.4 Å². The van der Waals surface area contributed by atoms with Crippen LogP contribution in [0.3, 0.4) is 0 Å². The van der Waals surface area contributed by atoms with Crippen LogP contribution in [0.4, 0.5) is 5.95 Å². The summed E-state index contributed by atoms with van der Waals surface area (Å²) in [6, 6.07) is 2.14. The van der Waals surface area contributed by atoms with Crippen molar-refractivity contribution in [3.63, 3.8) is 0 Å². The lowest BCUT2D eigenvalue weighted by molar-refractivity contribution is -0.00117. The minimum absolute atomic E-state index is 0.150. The Hall–Kier alpha value is -2.35. The number of ether oxygens (including phenoxy) is 5. The quantitative estimate of drug-likeness (QED) is 0.228. The van der Waals surface area contributed by atoms with Crippen LogP contribution in [0.5, 0.6) is 5.88 Å². The third-order valence-electron chi connectivity index (χ3n) is 4.46. The molecule has 0 aliphatic heterocycles. The molecular formula is C21H32N6O5S. The summed E-state index contributed by atoms with van der Waals surface area (Å²) in [5.41, 5.74) is 13.4. The lowest BCUT2D eigenvalue weighted by atomic mass is 10.2. The van der Waals surface area contributed by atoms with E-state index in [2.05, 4.69) is 31.4 Å². The van der Waals surface area contributed by atoms with Gasteiger partial charge < -0.3 is 40.1 Å². The molecule has 0 aliphatic rings. The van der Waals surface area contributed by atoms with Crippen LogP contribution in [-0.4, -0.2) is 79.3 Å². The zero-order valence-corrected chi connectivity index (χ0v) is 19.5. The first kappa shape index (κ1) is 25.3. The highest BCUT2D eigenvalue weighted by atomic mass is 32.1. The largest absolute Gasteiger partial charge is 0.470 e. The number of anilines is 1. The van der Waals surface area contributed by atoms with Crippen molar-refractivity contribution in [2.75, 3.05) is 65.1 Å². The van der Waals surface area contributed by atoms with E-state index in [0.717, 1.165) is 17.7 Å². The fraction of sp³-hybridized carbons (Fsp3) is 0.571. The fourth-order valence-electron chi connectivity index (χ4n) is 2.92. The number of nitrogen functional groups attached to an aromatic ring is 1. The van der Waals surface area contributed by atoms with Gasteiger partial charge in [-0.05, 0) is 29.9 Å². The summed E-state index contributed by atoms with van der Waals surface area (Å²) in [4.78, 5) is 16.4. The lowest BCUT2D eigenvalue weighted by Crippen LogP contribution is -2.14. The molecule has 12 heteroatoms. The van der Waals surface area contributed by atoms with Gasteiger partial charge in [0, 0.05) is 18.0 Å². The Morgan fingerprint density at radius 2 is 1.61 bits per heavy atom. The molecule has 11 nitrogen and oxygen atoms in total. The number of imidazole rings is 1. The average Bonchev–Trinajstić information content (AvgIpc) is 3.47. The Bertz CT molecular complexity index is 937. The summed E-state index contributed by atoms with van der Waals surface area (Å²) in [6.07, 6.45) is 3.43. The van der Waals surface area contributed by atoms with Crippen molar-refractivity contribution >= 4 is 28.4 Å². The molecule has 3 rings (SSSR count). The summed E-state index contributed by atoms with van der Waals surface area (Å²) in [6.45, 7) is 5.54. The van der Waals surface area contributed by atoms with Gasteiger partial charge in [0.05, 0.1) is 52.6 Å². The van der Waals surface area contributed by atoms with Gasteiger partial charge in [0.15, 0.2) is 11.2 Å². The van der Waals surface area contributed by atoms with Gasteiger partial charge in [-0.15, -0.1) is 11.3 Å². The van der Waals surface area contributed by atoms with Crippen LogP contribution in [0.25, 0.3) is 11.2 Å². The maximum atomic E-state index is 5.82. The van der Waals surface area contributed by atoms with Crippen LogP contribution in [0, 0.1) is 0 Å². The lowest BCUT2D eigenvalue weighted by Gasteiger charge is -2.07. The molecule has 0 amide bonds. The predicted octanol–water partition coefficient (Wildman–Crippen LogP) is 1.53. The molecular weight excluding hydrogens is 448 g/mol. The van der Waals surface area contributed by atoms with E-state index in [1.807, 2.05) is 0 Å². The van der Waals surface area contributed by atoms with E-state index < -0.39 is 0 Å². The van der Waals surface area contributed by atoms with Gasteiger partial charge in [-0.1, -0.05) is 0 Å². The fourth-order valence-corrected chi connectivity index (χ4v) is 3.76. The molecule has 0 fully saturated rings. The zero-order valence-electron chi connectivity index (χ0n) is 18.7. The molecule has 5 N–H and O–H groups in total. The van der Waals surface area contributed by atoms with Crippen molar-refractivity contribution in [3.05, 3.63) is 28.2 Å². The smallest absolute Gasteiger partial charge is 0.247 e. The minimum Gasteiger partial charge on any atom is -0.470 e. The second-order valence-electron chi connectivity index (χ2n) is 7.04. The normalized spacial score (nSPS) is 11.4. The Balaban J connectivity index is 1.20. The van der Waals surface area contributed by atoms with Crippen molar-refractivity contribution < 1.29 is 23.7 Å². The standard InChI is InChI=1S/C21H32N6O5S/c22-3-5-29-7-9-31-11-10-30-8-6-28-4-1-2-16-12-17(33-14-16)13-32-20-18-19(25-15-24-18)26-21(23)27-20/h12,14-15H,1-11,13,22H2,(H3,23,24,25,26,27). The van der Waals surface area contributed by atoms with Crippen molar-refractivity contribution in [2.24, 2.45) is 5.73 Å². The molecule has 3 aromatic rings. The van der Waals surface area contributed by atoms with Gasteiger partial charge in [-0.25, -0.2) is 4.98 Å². The van der Waals surface area contributed by atoms with Gasteiger partial charge in [-0.2, -0.15) is 9.97 Å². The second kappa shape index (κ2) is 14.7. The van der Waals surface area contributed by atoms with Crippen LogP contribution in [-0.2, 0) is 32.0 Å². The number of aromatic amines is 1. The average molecular weight is 481 g/mol. The minimum atomic E-state index is 0.150. The number of rotatable bonds is 18. The topological polar surface area (TPSA) is 153 Å². The van der Waals surface area contributed by atoms with Gasteiger partial charge in [0.25, 0.3) is 0 Å². The van der Waals surface area contributed by atoms with Gasteiger partial charge in [-0.3, -0.25) is 0 Å². The number of thiophene rings is 1. The number of nitrogens with zero attached hydrogens (tertiary/aromatic N) is 3. The molecule has 3 aromatic heterocycles. The molecule has 0 saturated carbocycles. The van der Waals surface area contributed by atoms with E-state index in [-0.39, 0.29) is 5.95 Å². The molecule has 3 heterocycles. The highest BCUT2D eigenvalue weighted by Gasteiger charge is 2.11. The number of fused-ring (bicyclic) bond motifs is 1. The number of nitrogens with one attached hydrogen (secondary N) is 1. The third-order valence-corrected chi connectivity index (χ3v) is 5.41. The van der Waals surface area contributed by atoms with E-state index in [1.54, 1.807) is 17.7 Å². The number of nitrogens with two attached hydrogens (primary N) is 2. The summed E-state index contributed by atoms with van der Waals surface area (Å²) in [5, 5.41) is 2.14. The summed E-state index contributed by atoms with van der Waals surface area (Å²) < 4.78 is 27.5. The zero-order chi connectivity index (χ0) is 23.1. The second-order valence-corrected chi connectivity index (χ2v) is 8.03. The van der Waals surface area contributed by atoms with Crippen molar-refractivity contribution in [3.8, 4) is 5.88 Å². The molecule has 33 heavy (non-hydrogen) atoms. The molecule has 0 atom stereocenters. The van der Waals surface area contributed by atoms with Crippen molar-refractivity contribution in [1.82, 2.24) is 19.9 Å². The third kappa shape index (κ3) is 9.20. The molecule has 0 radical (unpaired) electrons. The van der Waals surface area contributed by atoms with E-state index >= 15 is 0 Å². The van der Waals surface area contributed by atoms with E-state index in [1.165, 1.54) is 5.56 Å². The SMILES string of the molecule is NCCOCCOCCOCCOCCCc1csc(COc2nc(N)nc3[nH]cnc23)c1. The Labute approximate surface area is 196 Å². The molecule has 0 saturated heterocycles. The first-order chi connectivity index (χ1) is 16.3. The number of aryl methyl sites for hydroxylation is 1. The van der Waals surface area contributed by atoms with Crippen LogP contribution in [0.1, 0.15) is 16.9 Å². The van der Waals surface area contributed by atoms with Gasteiger partial charge in [0.2, 0.25) is 11.8 Å². The number of H-pyrrole nitrogens is 1. The van der Waals surface area contributed by atoms with Gasteiger partial charge in [0.1, 0.15) is 6.61 Å². The van der Waals surface area contributed by atoms with Crippen LogP contribution >= 0.6 is 11.3 Å². The first-order valence-corrected chi connectivity index (χ1v) is 11.8. The highest BCUT2D eigenvalue weighted by molar-refractivity contribution is 7.10. The Morgan fingerprint density at radius 3 is 2.33 bits per heavy atom. The molecule has 0 aliphatic carbocycles. The molecule has 182 valence electrons. The van der Waals surface area contributed by atoms with Gasteiger partial charge >= 0.3 is 0 Å². The molecule has 0 spiro atoms. The summed E-state index contributed by atoms with van der Waals surface area (Å²) in [7, 11) is 0. The monoisotopic (exact) mass is 480 g/mol. The van der Waals surface area contributed by atoms with E-state index in [0.29, 0.717) is 83.1 Å².